The number of hydrogen-bond acceptors (Lipinski definition) is 5. The molecule has 1 unspecified atom stereocenters. The van der Waals surface area contributed by atoms with Gasteiger partial charge in [0.1, 0.15) is 11.9 Å². The number of rotatable bonds is 4. The smallest absolute Gasteiger partial charge is 0.419 e. The second-order valence-corrected chi connectivity index (χ2v) is 8.18. The molecule has 3 aromatic rings. The zero-order chi connectivity index (χ0) is 22.2. The number of carbonyl (C=O) groups excluding carboxylic acids is 1. The number of nitrogens with zero attached hydrogens (tertiary/aromatic N) is 2. The van der Waals surface area contributed by atoms with E-state index in [-0.39, 0.29) is 5.56 Å². The molecule has 1 heterocycles. The lowest BCUT2D eigenvalue weighted by molar-refractivity contribution is 0.0886. The average molecular weight is 411 g/mol. The zero-order valence-electron chi connectivity index (χ0n) is 17.1. The van der Waals surface area contributed by atoms with Gasteiger partial charge in [0.05, 0.1) is 5.52 Å². The van der Waals surface area contributed by atoms with E-state index in [0.29, 0.717) is 22.2 Å². The van der Waals surface area contributed by atoms with E-state index in [1.165, 1.54) is 10.6 Å². The maximum absolute atomic E-state index is 15.2. The van der Waals surface area contributed by atoms with E-state index >= 15 is 4.39 Å². The Morgan fingerprint density at radius 1 is 1.23 bits per heavy atom. The van der Waals surface area contributed by atoms with Crippen LogP contribution in [0.25, 0.3) is 22.2 Å². The number of aromatic nitrogens is 1. The highest BCUT2D eigenvalue weighted by atomic mass is 19.1. The van der Waals surface area contributed by atoms with Gasteiger partial charge in [0.2, 0.25) is 0 Å². The molecule has 0 radical (unpaired) electrons. The lowest BCUT2D eigenvalue weighted by Gasteiger charge is -2.33. The first-order valence-electron chi connectivity index (χ1n) is 9.28. The number of carbonyl (C=O) groups is 1. The maximum Gasteiger partial charge on any atom is 0.419 e. The minimum Gasteiger partial charge on any atom is -0.430 e. The van der Waals surface area contributed by atoms with E-state index in [1.807, 2.05) is 26.8 Å². The van der Waals surface area contributed by atoms with E-state index in [2.05, 4.69) is 0 Å². The van der Waals surface area contributed by atoms with Crippen LogP contribution in [0.2, 0.25) is 0 Å². The quantitative estimate of drug-likeness (QED) is 0.696. The van der Waals surface area contributed by atoms with Crippen molar-refractivity contribution in [1.29, 1.82) is 5.26 Å². The molecule has 2 atom stereocenters. The van der Waals surface area contributed by atoms with Crippen LogP contribution in [0.4, 0.5) is 9.18 Å². The number of benzene rings is 2. The topological polar surface area (TPSA) is 111 Å². The molecule has 7 nitrogen and oxygen atoms in total. The van der Waals surface area contributed by atoms with Gasteiger partial charge in [-0.15, -0.1) is 0 Å². The van der Waals surface area contributed by atoms with Crippen molar-refractivity contribution in [3.63, 3.8) is 0 Å². The first-order valence-corrected chi connectivity index (χ1v) is 9.28. The SMILES string of the molecule is Cn1c(=O)oc2ccc(-c3ccc([C@@H](C(C#N)OC(N)=O)C(C)(C)C)c(F)c3)cc21. The summed E-state index contributed by atoms with van der Waals surface area (Å²) < 4.78 is 26.6. The predicted octanol–water partition coefficient (Wildman–Crippen LogP) is 4.05. The van der Waals surface area contributed by atoms with E-state index in [1.54, 1.807) is 37.4 Å². The lowest BCUT2D eigenvalue weighted by Crippen LogP contribution is -2.35. The van der Waals surface area contributed by atoms with Crippen LogP contribution >= 0.6 is 0 Å². The molecule has 0 aliphatic carbocycles. The maximum atomic E-state index is 15.2. The number of halogens is 1. The fourth-order valence-corrected chi connectivity index (χ4v) is 3.64. The van der Waals surface area contributed by atoms with Gasteiger partial charge < -0.3 is 14.9 Å². The second-order valence-electron chi connectivity index (χ2n) is 8.18. The van der Waals surface area contributed by atoms with Crippen molar-refractivity contribution in [2.75, 3.05) is 0 Å². The monoisotopic (exact) mass is 411 g/mol. The molecular weight excluding hydrogens is 389 g/mol. The molecule has 0 spiro atoms. The molecule has 8 heteroatoms. The number of oxazole rings is 1. The minimum atomic E-state index is -1.24. The van der Waals surface area contributed by atoms with Crippen molar-refractivity contribution in [2.45, 2.75) is 32.8 Å². The predicted molar refractivity (Wildman–Crippen MR) is 109 cm³/mol. The van der Waals surface area contributed by atoms with Crippen molar-refractivity contribution >= 4 is 17.2 Å². The third-order valence-electron chi connectivity index (χ3n) is 5.07. The van der Waals surface area contributed by atoms with Crippen LogP contribution in [0.1, 0.15) is 32.3 Å². The highest BCUT2D eigenvalue weighted by Gasteiger charge is 2.38. The summed E-state index contributed by atoms with van der Waals surface area (Å²) in [5.41, 5.74) is 7.06. The van der Waals surface area contributed by atoms with Gasteiger partial charge in [-0.25, -0.2) is 14.0 Å². The van der Waals surface area contributed by atoms with Gasteiger partial charge in [-0.1, -0.05) is 39.0 Å². The van der Waals surface area contributed by atoms with Gasteiger partial charge >= 0.3 is 11.8 Å². The van der Waals surface area contributed by atoms with Gasteiger partial charge in [0.15, 0.2) is 11.7 Å². The number of nitrogens with two attached hydrogens (primary N) is 1. The molecule has 0 aliphatic rings. The highest BCUT2D eigenvalue weighted by Crippen LogP contribution is 2.41. The van der Waals surface area contributed by atoms with Crippen LogP contribution in [0.15, 0.2) is 45.6 Å². The number of fused-ring (bicyclic) bond motifs is 1. The lowest BCUT2D eigenvalue weighted by atomic mass is 9.73. The van der Waals surface area contributed by atoms with E-state index in [4.69, 9.17) is 14.9 Å². The van der Waals surface area contributed by atoms with Crippen LogP contribution in [0, 0.1) is 22.6 Å². The fraction of sp³-hybridized carbons (Fsp3) is 0.318. The molecule has 0 fully saturated rings. The summed E-state index contributed by atoms with van der Waals surface area (Å²) in [6.45, 7) is 5.48. The average Bonchev–Trinajstić information content (AvgIpc) is 2.94. The summed E-state index contributed by atoms with van der Waals surface area (Å²) in [6, 6.07) is 11.7. The molecule has 3 rings (SSSR count). The Kier molecular flexibility index (Phi) is 5.40. The summed E-state index contributed by atoms with van der Waals surface area (Å²) in [5, 5.41) is 9.48. The first kappa shape index (κ1) is 21.1. The number of hydrogen-bond donors (Lipinski definition) is 1. The highest BCUT2D eigenvalue weighted by molar-refractivity contribution is 5.80. The Bertz CT molecular complexity index is 1210. The third-order valence-corrected chi connectivity index (χ3v) is 5.07. The van der Waals surface area contributed by atoms with Crippen LogP contribution in [-0.2, 0) is 11.8 Å². The Labute approximate surface area is 172 Å². The van der Waals surface area contributed by atoms with Crippen molar-refractivity contribution in [3.05, 3.63) is 58.3 Å². The number of amides is 1. The molecule has 1 aromatic heterocycles. The van der Waals surface area contributed by atoms with Gasteiger partial charge in [0.25, 0.3) is 0 Å². The number of ether oxygens (including phenoxy) is 1. The van der Waals surface area contributed by atoms with Gasteiger partial charge in [-0.2, -0.15) is 5.26 Å². The van der Waals surface area contributed by atoms with E-state index in [0.717, 1.165) is 0 Å². The number of aryl methyl sites for hydroxylation is 1. The molecule has 30 heavy (non-hydrogen) atoms. The van der Waals surface area contributed by atoms with Gasteiger partial charge in [-0.3, -0.25) is 4.57 Å². The Morgan fingerprint density at radius 3 is 2.43 bits per heavy atom. The number of nitriles is 1. The standard InChI is InChI=1S/C22H22FN3O4/c1-22(2,3)19(18(11-24)29-20(25)27)14-7-5-12(9-15(14)23)13-6-8-17-16(10-13)26(4)21(28)30-17/h5-10,18-19H,1-4H3,(H2,25,27)/t18?,19-/m0/s1. The molecule has 0 bridgehead atoms. The van der Waals surface area contributed by atoms with E-state index < -0.39 is 35.1 Å². The zero-order valence-corrected chi connectivity index (χ0v) is 17.1. The van der Waals surface area contributed by atoms with E-state index in [9.17, 15) is 14.9 Å². The summed E-state index contributed by atoms with van der Waals surface area (Å²) in [4.78, 5) is 22.9. The molecule has 156 valence electrons. The Hall–Kier alpha value is -3.60. The fourth-order valence-electron chi connectivity index (χ4n) is 3.64. The van der Waals surface area contributed by atoms with Gasteiger partial charge in [0, 0.05) is 13.0 Å². The summed E-state index contributed by atoms with van der Waals surface area (Å²) in [6.07, 6.45) is -2.33. The van der Waals surface area contributed by atoms with Crippen molar-refractivity contribution < 1.29 is 18.3 Å². The molecule has 0 aliphatic heterocycles. The summed E-state index contributed by atoms with van der Waals surface area (Å²) >= 11 is 0. The first-order chi connectivity index (χ1) is 14.0. The normalized spacial score (nSPS) is 13.6. The molecule has 2 N–H and O–H groups in total. The summed E-state index contributed by atoms with van der Waals surface area (Å²) in [5.74, 6) is -1.75. The Balaban J connectivity index is 2.07. The van der Waals surface area contributed by atoms with Crippen LogP contribution in [0.3, 0.4) is 0 Å². The molecular formula is C22H22FN3O4. The van der Waals surface area contributed by atoms with Crippen molar-refractivity contribution in [3.8, 4) is 17.2 Å². The molecule has 0 saturated carbocycles. The Morgan fingerprint density at radius 2 is 1.87 bits per heavy atom. The van der Waals surface area contributed by atoms with Crippen molar-refractivity contribution in [2.24, 2.45) is 18.2 Å². The number of primary amides is 1. The van der Waals surface area contributed by atoms with Crippen LogP contribution in [-0.4, -0.2) is 16.8 Å². The summed E-state index contributed by atoms with van der Waals surface area (Å²) in [7, 11) is 1.59. The third kappa shape index (κ3) is 3.92. The minimum absolute atomic E-state index is 0.246. The van der Waals surface area contributed by atoms with Crippen LogP contribution in [0.5, 0.6) is 0 Å². The second kappa shape index (κ2) is 7.67. The van der Waals surface area contributed by atoms with Gasteiger partial charge in [-0.05, 0) is 40.3 Å². The van der Waals surface area contributed by atoms with Crippen LogP contribution < -0.4 is 11.5 Å². The molecule has 0 saturated heterocycles. The molecule has 1 amide bonds. The molecule has 2 aromatic carbocycles. The van der Waals surface area contributed by atoms with Crippen molar-refractivity contribution in [1.82, 2.24) is 4.57 Å². The largest absolute Gasteiger partial charge is 0.430 e.